The monoisotopic (exact) mass is 471 g/mol. The summed E-state index contributed by atoms with van der Waals surface area (Å²) in [6.45, 7) is 3.04. The fourth-order valence-corrected chi connectivity index (χ4v) is 6.78. The molecule has 168 valence electrons. The summed E-state index contributed by atoms with van der Waals surface area (Å²) < 4.78 is 36.3. The molecule has 5 rings (SSSR count). The van der Waals surface area contributed by atoms with Crippen molar-refractivity contribution in [1.29, 1.82) is 0 Å². The Kier molecular flexibility index (Phi) is 5.93. The summed E-state index contributed by atoms with van der Waals surface area (Å²) >= 11 is 1.01. The predicted molar refractivity (Wildman–Crippen MR) is 123 cm³/mol. The van der Waals surface area contributed by atoms with Crippen molar-refractivity contribution in [3.63, 3.8) is 0 Å². The van der Waals surface area contributed by atoms with Crippen molar-refractivity contribution in [2.75, 3.05) is 32.7 Å². The zero-order valence-corrected chi connectivity index (χ0v) is 19.3. The molecule has 32 heavy (non-hydrogen) atoms. The molecule has 0 aliphatic carbocycles. The number of hydrogen-bond acceptors (Lipinski definition) is 7. The molecule has 2 aromatic carbocycles. The molecule has 2 saturated heterocycles. The number of rotatable bonds is 5. The average molecular weight is 472 g/mol. The third-order valence-corrected chi connectivity index (χ3v) is 8.77. The first-order valence-corrected chi connectivity index (χ1v) is 13.0. The van der Waals surface area contributed by atoms with Crippen LogP contribution in [0, 0.1) is 0 Å². The zero-order chi connectivity index (χ0) is 22.1. The maximum Gasteiger partial charge on any atom is 0.245 e. The largest absolute Gasteiger partial charge is 0.339 e. The van der Waals surface area contributed by atoms with E-state index in [9.17, 15) is 13.2 Å². The van der Waals surface area contributed by atoms with E-state index < -0.39 is 10.0 Å². The Morgan fingerprint density at radius 1 is 0.969 bits per heavy atom. The summed E-state index contributed by atoms with van der Waals surface area (Å²) in [4.78, 5) is 17.5. The van der Waals surface area contributed by atoms with Gasteiger partial charge in [0, 0.05) is 32.7 Å². The molecule has 1 atom stereocenters. The van der Waals surface area contributed by atoms with Gasteiger partial charge in [0.05, 0.1) is 17.8 Å². The van der Waals surface area contributed by atoms with Crippen LogP contribution in [0.2, 0.25) is 0 Å². The maximum atomic E-state index is 13.3. The summed E-state index contributed by atoms with van der Waals surface area (Å²) in [5, 5.41) is 0. The van der Waals surface area contributed by atoms with Gasteiger partial charge in [-0.1, -0.05) is 36.4 Å². The number of hydrogen-bond donors (Lipinski definition) is 0. The molecule has 0 N–H and O–H groups in total. The Balaban J connectivity index is 1.25. The number of carbonyl (C=O) groups excluding carboxylic acids is 1. The Bertz CT molecular complexity index is 1210. The second kappa shape index (κ2) is 8.86. The van der Waals surface area contributed by atoms with Gasteiger partial charge in [-0.15, -0.1) is 0 Å². The van der Waals surface area contributed by atoms with Crippen molar-refractivity contribution in [2.45, 2.75) is 30.3 Å². The van der Waals surface area contributed by atoms with E-state index >= 15 is 0 Å². The number of amides is 1. The third kappa shape index (κ3) is 4.03. The van der Waals surface area contributed by atoms with Gasteiger partial charge in [0.25, 0.3) is 0 Å². The second-order valence-electron chi connectivity index (χ2n) is 8.23. The van der Waals surface area contributed by atoms with Crippen LogP contribution in [-0.4, -0.2) is 75.9 Å². The molecule has 0 radical (unpaired) electrons. The van der Waals surface area contributed by atoms with E-state index in [2.05, 4.69) is 25.8 Å². The van der Waals surface area contributed by atoms with Crippen molar-refractivity contribution in [1.82, 2.24) is 22.9 Å². The predicted octanol–water partition coefficient (Wildman–Crippen LogP) is 2.19. The molecule has 0 saturated carbocycles. The van der Waals surface area contributed by atoms with Crippen LogP contribution < -0.4 is 0 Å². The van der Waals surface area contributed by atoms with E-state index in [1.165, 1.54) is 9.87 Å². The van der Waals surface area contributed by atoms with E-state index in [0.717, 1.165) is 37.7 Å². The number of aromatic nitrogens is 2. The number of sulfonamides is 1. The molecule has 3 heterocycles. The lowest BCUT2D eigenvalue weighted by Crippen LogP contribution is -2.54. The van der Waals surface area contributed by atoms with Gasteiger partial charge in [-0.3, -0.25) is 9.69 Å². The minimum atomic E-state index is -3.69. The van der Waals surface area contributed by atoms with E-state index in [1.54, 1.807) is 18.2 Å². The first kappa shape index (κ1) is 21.4. The van der Waals surface area contributed by atoms with Crippen LogP contribution in [0.25, 0.3) is 11.0 Å². The lowest BCUT2D eigenvalue weighted by atomic mass is 10.1. The number of benzene rings is 2. The van der Waals surface area contributed by atoms with Gasteiger partial charge in [-0.2, -0.15) is 13.1 Å². The van der Waals surface area contributed by atoms with Gasteiger partial charge in [-0.05, 0) is 37.1 Å². The van der Waals surface area contributed by atoms with Crippen molar-refractivity contribution in [3.05, 3.63) is 54.1 Å². The molecule has 2 fully saturated rings. The number of likely N-dealkylation sites (tertiary alicyclic amines) is 1. The summed E-state index contributed by atoms with van der Waals surface area (Å²) in [6.07, 6.45) is 1.85. The standard InChI is InChI=1S/C22H25N5O3S2/c28-22(19-9-5-11-26(19)16-17-6-2-1-3-7-17)25-12-14-27(15-13-25)32(29,30)20-10-4-8-18-21(20)24-31-23-18/h1-4,6-8,10,19H,5,9,11-16H2. The quantitative estimate of drug-likeness (QED) is 0.567. The average Bonchev–Trinajstić information content (AvgIpc) is 3.48. The molecule has 2 aliphatic heterocycles. The topological polar surface area (TPSA) is 86.7 Å². The maximum absolute atomic E-state index is 13.3. The van der Waals surface area contributed by atoms with E-state index in [0.29, 0.717) is 24.1 Å². The molecule has 0 spiro atoms. The molecule has 1 unspecified atom stereocenters. The molecular weight excluding hydrogens is 446 g/mol. The minimum Gasteiger partial charge on any atom is -0.339 e. The van der Waals surface area contributed by atoms with E-state index in [1.807, 2.05) is 23.1 Å². The van der Waals surface area contributed by atoms with Crippen molar-refractivity contribution < 1.29 is 13.2 Å². The van der Waals surface area contributed by atoms with Gasteiger partial charge in [-0.25, -0.2) is 8.42 Å². The molecular formula is C22H25N5O3S2. The second-order valence-corrected chi connectivity index (χ2v) is 10.7. The molecule has 1 aromatic heterocycles. The van der Waals surface area contributed by atoms with Gasteiger partial charge >= 0.3 is 0 Å². The summed E-state index contributed by atoms with van der Waals surface area (Å²) in [5.74, 6) is 0.112. The van der Waals surface area contributed by atoms with Gasteiger partial charge < -0.3 is 4.90 Å². The van der Waals surface area contributed by atoms with Crippen LogP contribution in [0.15, 0.2) is 53.4 Å². The van der Waals surface area contributed by atoms with Crippen molar-refractivity contribution >= 4 is 38.7 Å². The summed E-state index contributed by atoms with van der Waals surface area (Å²) in [6, 6.07) is 15.1. The lowest BCUT2D eigenvalue weighted by molar-refractivity contribution is -0.137. The highest BCUT2D eigenvalue weighted by Crippen LogP contribution is 2.26. The Morgan fingerprint density at radius 2 is 1.75 bits per heavy atom. The highest BCUT2D eigenvalue weighted by Gasteiger charge is 2.37. The smallest absolute Gasteiger partial charge is 0.245 e. The van der Waals surface area contributed by atoms with Crippen LogP contribution in [0.1, 0.15) is 18.4 Å². The Morgan fingerprint density at radius 3 is 2.53 bits per heavy atom. The molecule has 3 aromatic rings. The number of carbonyl (C=O) groups is 1. The first-order valence-electron chi connectivity index (χ1n) is 10.8. The highest BCUT2D eigenvalue weighted by molar-refractivity contribution is 7.89. The van der Waals surface area contributed by atoms with Crippen LogP contribution in [-0.2, 0) is 21.4 Å². The van der Waals surface area contributed by atoms with Gasteiger partial charge in [0.1, 0.15) is 15.9 Å². The SMILES string of the molecule is O=C(C1CCCN1Cc1ccccc1)N1CCN(S(=O)(=O)c2cccc3nsnc23)CC1. The fraction of sp³-hybridized carbons (Fsp3) is 0.409. The Hall–Kier alpha value is -2.40. The highest BCUT2D eigenvalue weighted by atomic mass is 32.2. The van der Waals surface area contributed by atoms with Gasteiger partial charge in [0.2, 0.25) is 15.9 Å². The van der Waals surface area contributed by atoms with E-state index in [-0.39, 0.29) is 29.9 Å². The number of piperazine rings is 1. The molecule has 2 aliphatic rings. The van der Waals surface area contributed by atoms with Crippen LogP contribution >= 0.6 is 11.7 Å². The van der Waals surface area contributed by atoms with Crippen LogP contribution in [0.4, 0.5) is 0 Å². The molecule has 10 heteroatoms. The van der Waals surface area contributed by atoms with Crippen molar-refractivity contribution in [3.8, 4) is 0 Å². The van der Waals surface area contributed by atoms with Crippen LogP contribution in [0.5, 0.6) is 0 Å². The van der Waals surface area contributed by atoms with E-state index in [4.69, 9.17) is 0 Å². The number of nitrogens with zero attached hydrogens (tertiary/aromatic N) is 5. The lowest BCUT2D eigenvalue weighted by Gasteiger charge is -2.36. The molecule has 1 amide bonds. The van der Waals surface area contributed by atoms with Crippen LogP contribution in [0.3, 0.4) is 0 Å². The summed E-state index contributed by atoms with van der Waals surface area (Å²) in [7, 11) is -3.69. The minimum absolute atomic E-state index is 0.112. The van der Waals surface area contributed by atoms with Crippen molar-refractivity contribution in [2.24, 2.45) is 0 Å². The van der Waals surface area contributed by atoms with Gasteiger partial charge in [0.15, 0.2) is 0 Å². The fourth-order valence-electron chi connectivity index (χ4n) is 4.60. The number of fused-ring (bicyclic) bond motifs is 1. The third-order valence-electron chi connectivity index (χ3n) is 6.29. The Labute approximate surface area is 191 Å². The summed E-state index contributed by atoms with van der Waals surface area (Å²) in [5.41, 5.74) is 2.21. The normalized spacial score (nSPS) is 20.8. The molecule has 0 bridgehead atoms. The first-order chi connectivity index (χ1) is 15.5. The molecule has 8 nitrogen and oxygen atoms in total. The zero-order valence-electron chi connectivity index (χ0n) is 17.6.